The predicted molar refractivity (Wildman–Crippen MR) is 80.9 cm³/mol. The van der Waals surface area contributed by atoms with E-state index in [4.69, 9.17) is 4.74 Å². The summed E-state index contributed by atoms with van der Waals surface area (Å²) >= 11 is 0. The highest BCUT2D eigenvalue weighted by molar-refractivity contribution is 5.91. The van der Waals surface area contributed by atoms with E-state index in [1.807, 2.05) is 6.92 Å². The molecule has 1 amide bonds. The molecular weight excluding hydrogens is 268 g/mol. The molecule has 1 heterocycles. The van der Waals surface area contributed by atoms with Gasteiger partial charge in [-0.25, -0.2) is 0 Å². The lowest BCUT2D eigenvalue weighted by molar-refractivity contribution is -0.161. The van der Waals surface area contributed by atoms with Crippen LogP contribution in [0.5, 0.6) is 5.75 Å². The molecule has 0 bridgehead atoms. The SMILES string of the molecule is CCC1=NN(C(=O)C(C)C)C(O)(c2ccc(OC)cc2)C1. The van der Waals surface area contributed by atoms with Gasteiger partial charge in [0, 0.05) is 23.6 Å². The average molecular weight is 290 g/mol. The molecule has 5 heteroatoms. The third-order valence-corrected chi connectivity index (χ3v) is 3.71. The van der Waals surface area contributed by atoms with Crippen LogP contribution >= 0.6 is 0 Å². The summed E-state index contributed by atoms with van der Waals surface area (Å²) in [7, 11) is 1.59. The lowest BCUT2D eigenvalue weighted by atomic mass is 9.95. The quantitative estimate of drug-likeness (QED) is 0.926. The number of amides is 1. The highest BCUT2D eigenvalue weighted by atomic mass is 16.5. The Hall–Kier alpha value is -1.88. The lowest BCUT2D eigenvalue weighted by Gasteiger charge is -2.32. The van der Waals surface area contributed by atoms with E-state index in [0.717, 1.165) is 5.71 Å². The number of benzene rings is 1. The van der Waals surface area contributed by atoms with Gasteiger partial charge in [0.2, 0.25) is 5.91 Å². The number of hydrogen-bond acceptors (Lipinski definition) is 4. The van der Waals surface area contributed by atoms with Crippen LogP contribution in [0.25, 0.3) is 0 Å². The predicted octanol–water partition coefficient (Wildman–Crippen LogP) is 2.49. The Balaban J connectivity index is 2.39. The molecular formula is C16H22N2O3. The van der Waals surface area contributed by atoms with Crippen molar-refractivity contribution in [2.75, 3.05) is 7.11 Å². The molecule has 0 spiro atoms. The third kappa shape index (κ3) is 2.78. The minimum Gasteiger partial charge on any atom is -0.497 e. The minimum atomic E-state index is -1.40. The molecule has 1 aromatic rings. The molecule has 1 N–H and O–H groups in total. The van der Waals surface area contributed by atoms with Gasteiger partial charge in [0.25, 0.3) is 0 Å². The largest absolute Gasteiger partial charge is 0.497 e. The average Bonchev–Trinajstić information content (AvgIpc) is 2.84. The summed E-state index contributed by atoms with van der Waals surface area (Å²) in [4.78, 5) is 12.4. The van der Waals surface area contributed by atoms with Crippen LogP contribution in [0.3, 0.4) is 0 Å². The third-order valence-electron chi connectivity index (χ3n) is 3.71. The molecule has 114 valence electrons. The van der Waals surface area contributed by atoms with E-state index in [0.29, 0.717) is 24.2 Å². The Morgan fingerprint density at radius 2 is 2.05 bits per heavy atom. The van der Waals surface area contributed by atoms with Crippen LogP contribution in [-0.2, 0) is 10.5 Å². The normalized spacial score (nSPS) is 21.6. The molecule has 1 aliphatic heterocycles. The van der Waals surface area contributed by atoms with Crippen LogP contribution in [0.4, 0.5) is 0 Å². The van der Waals surface area contributed by atoms with Gasteiger partial charge in [-0.15, -0.1) is 0 Å². The Morgan fingerprint density at radius 1 is 1.43 bits per heavy atom. The summed E-state index contributed by atoms with van der Waals surface area (Å²) in [6, 6.07) is 7.09. The Kier molecular flexibility index (Phi) is 4.32. The van der Waals surface area contributed by atoms with E-state index in [1.54, 1.807) is 45.2 Å². The van der Waals surface area contributed by atoms with Crippen molar-refractivity contribution in [1.82, 2.24) is 5.01 Å². The number of hydrogen-bond donors (Lipinski definition) is 1. The highest BCUT2D eigenvalue weighted by Gasteiger charge is 2.45. The Labute approximate surface area is 125 Å². The molecule has 21 heavy (non-hydrogen) atoms. The molecule has 1 aliphatic rings. The zero-order chi connectivity index (χ0) is 15.6. The standard InChI is InChI=1S/C16H22N2O3/c1-5-13-10-16(20,18(17-13)15(19)11(2)3)12-6-8-14(21-4)9-7-12/h6-9,11,20H,5,10H2,1-4H3. The zero-order valence-electron chi connectivity index (χ0n) is 13.0. The van der Waals surface area contributed by atoms with Gasteiger partial charge in [0.1, 0.15) is 5.75 Å². The molecule has 0 aliphatic carbocycles. The number of ether oxygens (including phenoxy) is 1. The van der Waals surface area contributed by atoms with Gasteiger partial charge in [-0.1, -0.05) is 32.9 Å². The summed E-state index contributed by atoms with van der Waals surface area (Å²) < 4.78 is 5.13. The van der Waals surface area contributed by atoms with Crippen LogP contribution in [-0.4, -0.2) is 28.8 Å². The first-order chi connectivity index (χ1) is 9.92. The fraction of sp³-hybridized carbons (Fsp3) is 0.500. The van der Waals surface area contributed by atoms with Crippen molar-refractivity contribution in [2.24, 2.45) is 11.0 Å². The summed E-state index contributed by atoms with van der Waals surface area (Å²) in [6.07, 6.45) is 1.05. The topological polar surface area (TPSA) is 62.1 Å². The lowest BCUT2D eigenvalue weighted by Crippen LogP contribution is -2.45. The van der Waals surface area contributed by atoms with Crippen molar-refractivity contribution in [3.05, 3.63) is 29.8 Å². The van der Waals surface area contributed by atoms with Crippen molar-refractivity contribution in [3.8, 4) is 5.75 Å². The summed E-state index contributed by atoms with van der Waals surface area (Å²) in [5.41, 5.74) is 0.0608. The molecule has 2 rings (SSSR count). The molecule has 0 aromatic heterocycles. The monoisotopic (exact) mass is 290 g/mol. The van der Waals surface area contributed by atoms with Gasteiger partial charge in [-0.05, 0) is 18.6 Å². The maximum absolute atomic E-state index is 12.4. The number of methoxy groups -OCH3 is 1. The number of hydrazone groups is 1. The van der Waals surface area contributed by atoms with Crippen LogP contribution in [0.2, 0.25) is 0 Å². The van der Waals surface area contributed by atoms with E-state index in [-0.39, 0.29) is 11.8 Å². The summed E-state index contributed by atoms with van der Waals surface area (Å²) in [6.45, 7) is 5.57. The minimum absolute atomic E-state index is 0.184. The van der Waals surface area contributed by atoms with E-state index in [9.17, 15) is 9.90 Å². The molecule has 0 fully saturated rings. The van der Waals surface area contributed by atoms with Crippen molar-refractivity contribution in [2.45, 2.75) is 39.3 Å². The van der Waals surface area contributed by atoms with E-state index in [1.165, 1.54) is 5.01 Å². The van der Waals surface area contributed by atoms with Crippen molar-refractivity contribution >= 4 is 11.6 Å². The second-order valence-electron chi connectivity index (χ2n) is 5.55. The fourth-order valence-corrected chi connectivity index (χ4v) is 2.37. The van der Waals surface area contributed by atoms with Gasteiger partial charge in [0.15, 0.2) is 5.72 Å². The zero-order valence-corrected chi connectivity index (χ0v) is 13.0. The second kappa shape index (κ2) is 5.85. The molecule has 1 aromatic carbocycles. The summed E-state index contributed by atoms with van der Waals surface area (Å²) in [5.74, 6) is 0.296. The first-order valence-electron chi connectivity index (χ1n) is 7.19. The van der Waals surface area contributed by atoms with Crippen molar-refractivity contribution in [1.29, 1.82) is 0 Å². The first kappa shape index (κ1) is 15.5. The van der Waals surface area contributed by atoms with Crippen LogP contribution < -0.4 is 4.74 Å². The summed E-state index contributed by atoms with van der Waals surface area (Å²) in [5, 5.41) is 16.6. The molecule has 0 saturated carbocycles. The van der Waals surface area contributed by atoms with E-state index in [2.05, 4.69) is 5.10 Å². The van der Waals surface area contributed by atoms with Crippen LogP contribution in [0.1, 0.15) is 39.2 Å². The Morgan fingerprint density at radius 3 is 2.52 bits per heavy atom. The van der Waals surface area contributed by atoms with Crippen molar-refractivity contribution < 1.29 is 14.6 Å². The van der Waals surface area contributed by atoms with Gasteiger partial charge in [-0.3, -0.25) is 4.79 Å². The Bertz CT molecular complexity index is 551. The van der Waals surface area contributed by atoms with Crippen LogP contribution in [0, 0.1) is 5.92 Å². The van der Waals surface area contributed by atoms with Gasteiger partial charge in [-0.2, -0.15) is 10.1 Å². The van der Waals surface area contributed by atoms with Gasteiger partial charge in [0.05, 0.1) is 7.11 Å². The molecule has 0 saturated heterocycles. The van der Waals surface area contributed by atoms with Crippen LogP contribution in [0.15, 0.2) is 29.4 Å². The van der Waals surface area contributed by atoms with Crippen molar-refractivity contribution in [3.63, 3.8) is 0 Å². The number of carbonyl (C=O) groups is 1. The van der Waals surface area contributed by atoms with Gasteiger partial charge < -0.3 is 9.84 Å². The second-order valence-corrected chi connectivity index (χ2v) is 5.55. The molecule has 0 radical (unpaired) electrons. The number of carbonyl (C=O) groups excluding carboxylic acids is 1. The molecule has 5 nitrogen and oxygen atoms in total. The fourth-order valence-electron chi connectivity index (χ4n) is 2.37. The number of rotatable bonds is 4. The number of nitrogens with zero attached hydrogens (tertiary/aromatic N) is 2. The maximum atomic E-state index is 12.4. The van der Waals surface area contributed by atoms with E-state index >= 15 is 0 Å². The molecule has 1 unspecified atom stereocenters. The first-order valence-corrected chi connectivity index (χ1v) is 7.19. The van der Waals surface area contributed by atoms with E-state index < -0.39 is 5.72 Å². The highest BCUT2D eigenvalue weighted by Crippen LogP contribution is 2.37. The van der Waals surface area contributed by atoms with Gasteiger partial charge >= 0.3 is 0 Å². The molecule has 1 atom stereocenters. The number of aliphatic hydroxyl groups is 1. The maximum Gasteiger partial charge on any atom is 0.248 e. The smallest absolute Gasteiger partial charge is 0.248 e.